The summed E-state index contributed by atoms with van der Waals surface area (Å²) in [6.45, 7) is 0.841. The molecule has 2 saturated heterocycles. The fourth-order valence-electron chi connectivity index (χ4n) is 4.32. The highest BCUT2D eigenvalue weighted by molar-refractivity contribution is 7.80. The maximum Gasteiger partial charge on any atom is 0.303 e. The molecule has 28 heavy (non-hydrogen) atoms. The van der Waals surface area contributed by atoms with Crippen LogP contribution in [0.2, 0.25) is 0 Å². The van der Waals surface area contributed by atoms with Crippen molar-refractivity contribution in [3.8, 4) is 0 Å². The summed E-state index contributed by atoms with van der Waals surface area (Å²) < 4.78 is 6.15. The van der Waals surface area contributed by atoms with Gasteiger partial charge in [0.15, 0.2) is 0 Å². The summed E-state index contributed by atoms with van der Waals surface area (Å²) in [5.41, 5.74) is 7.71. The molecule has 0 unspecified atom stereocenters. The van der Waals surface area contributed by atoms with Gasteiger partial charge in [-0.2, -0.15) is 0 Å². The highest BCUT2D eigenvalue weighted by Gasteiger charge is 2.47. The summed E-state index contributed by atoms with van der Waals surface area (Å²) in [4.78, 5) is 11.4. The number of rotatable bonds is 11. The zero-order chi connectivity index (χ0) is 19.8. The number of carboxylic acids is 1. The van der Waals surface area contributed by atoms with Crippen LogP contribution in [-0.4, -0.2) is 34.8 Å². The van der Waals surface area contributed by atoms with Crippen LogP contribution in [0.5, 0.6) is 0 Å². The van der Waals surface area contributed by atoms with E-state index < -0.39 is 5.97 Å². The van der Waals surface area contributed by atoms with Gasteiger partial charge >= 0.3 is 5.97 Å². The van der Waals surface area contributed by atoms with E-state index >= 15 is 0 Å². The standard InChI is InChI=1S/C22H30N2O3S/c25-22(26)11-7-2-1-6-10-17-18(20-13-12-19(17)27-20)15-23-24-21(28)14-16-8-4-3-5-9-16/h1,3-6,8-9,17-20,23H,2,7,10-15H2,(H,24,28)(H,25,26)/b6-1-/t17-,18-,19-,20+/m1/s1. The number of hydrogen-bond acceptors (Lipinski definition) is 4. The number of unbranched alkanes of at least 4 members (excludes halogenated alkanes) is 1. The molecular weight excluding hydrogens is 372 g/mol. The molecule has 3 N–H and O–H groups in total. The topological polar surface area (TPSA) is 70.6 Å². The number of allylic oxidation sites excluding steroid dienone is 2. The first-order chi connectivity index (χ1) is 13.6. The Bertz CT molecular complexity index is 680. The van der Waals surface area contributed by atoms with Crippen molar-refractivity contribution in [1.29, 1.82) is 0 Å². The number of carboxylic acid groups (broad SMARTS) is 1. The van der Waals surface area contributed by atoms with Crippen LogP contribution in [0, 0.1) is 11.8 Å². The van der Waals surface area contributed by atoms with Gasteiger partial charge in [0.1, 0.15) is 0 Å². The quantitative estimate of drug-likeness (QED) is 0.227. The van der Waals surface area contributed by atoms with E-state index in [2.05, 4.69) is 35.1 Å². The summed E-state index contributed by atoms with van der Waals surface area (Å²) in [6.07, 6.45) is 10.8. The molecule has 2 aliphatic rings. The predicted molar refractivity (Wildman–Crippen MR) is 114 cm³/mol. The Balaban J connectivity index is 1.40. The van der Waals surface area contributed by atoms with E-state index in [0.29, 0.717) is 30.5 Å². The summed E-state index contributed by atoms with van der Waals surface area (Å²) in [5.74, 6) is 0.277. The largest absolute Gasteiger partial charge is 0.481 e. The normalized spacial score (nSPS) is 26.0. The number of benzene rings is 1. The van der Waals surface area contributed by atoms with Crippen molar-refractivity contribution in [2.75, 3.05) is 6.54 Å². The highest BCUT2D eigenvalue weighted by Crippen LogP contribution is 2.44. The average molecular weight is 403 g/mol. The van der Waals surface area contributed by atoms with Crippen LogP contribution in [0.3, 0.4) is 0 Å². The van der Waals surface area contributed by atoms with E-state index in [-0.39, 0.29) is 6.42 Å². The second-order valence-corrected chi connectivity index (χ2v) is 8.20. The molecule has 0 saturated carbocycles. The van der Waals surface area contributed by atoms with Gasteiger partial charge in [0, 0.05) is 25.3 Å². The first kappa shape index (κ1) is 21.0. The van der Waals surface area contributed by atoms with Crippen LogP contribution in [0.25, 0.3) is 0 Å². The molecule has 4 atom stereocenters. The average Bonchev–Trinajstić information content (AvgIpc) is 3.27. The van der Waals surface area contributed by atoms with E-state index in [9.17, 15) is 4.79 Å². The summed E-state index contributed by atoms with van der Waals surface area (Å²) in [5, 5.41) is 8.69. The summed E-state index contributed by atoms with van der Waals surface area (Å²) >= 11 is 5.44. The fraction of sp³-hybridized carbons (Fsp3) is 0.545. The smallest absolute Gasteiger partial charge is 0.303 e. The maximum absolute atomic E-state index is 10.6. The number of nitrogens with one attached hydrogen (secondary N) is 2. The molecule has 0 spiro atoms. The van der Waals surface area contributed by atoms with E-state index in [4.69, 9.17) is 22.1 Å². The van der Waals surface area contributed by atoms with Crippen molar-refractivity contribution < 1.29 is 14.6 Å². The minimum Gasteiger partial charge on any atom is -0.481 e. The molecule has 0 aliphatic carbocycles. The van der Waals surface area contributed by atoms with Gasteiger partial charge in [0.25, 0.3) is 0 Å². The molecule has 1 aromatic rings. The number of carbonyl (C=O) groups is 1. The Morgan fingerprint density at radius 1 is 1.18 bits per heavy atom. The van der Waals surface area contributed by atoms with Crippen molar-refractivity contribution in [3.63, 3.8) is 0 Å². The second-order valence-electron chi connectivity index (χ2n) is 7.70. The molecule has 0 radical (unpaired) electrons. The lowest BCUT2D eigenvalue weighted by atomic mass is 9.77. The Hall–Kier alpha value is -1.76. The molecule has 6 heteroatoms. The minimum atomic E-state index is -0.723. The number of hydrogen-bond donors (Lipinski definition) is 3. The van der Waals surface area contributed by atoms with Crippen LogP contribution in [0.15, 0.2) is 42.5 Å². The zero-order valence-corrected chi connectivity index (χ0v) is 17.0. The summed E-state index contributed by atoms with van der Waals surface area (Å²) in [6, 6.07) is 10.2. The molecule has 1 aromatic carbocycles. The van der Waals surface area contributed by atoms with E-state index in [1.165, 1.54) is 5.56 Å². The first-order valence-corrected chi connectivity index (χ1v) is 10.6. The molecule has 2 bridgehead atoms. The van der Waals surface area contributed by atoms with E-state index in [1.807, 2.05) is 18.2 Å². The van der Waals surface area contributed by atoms with Gasteiger partial charge in [0.2, 0.25) is 0 Å². The Morgan fingerprint density at radius 3 is 2.68 bits per heavy atom. The van der Waals surface area contributed by atoms with Gasteiger partial charge in [-0.25, -0.2) is 5.43 Å². The first-order valence-electron chi connectivity index (χ1n) is 10.2. The number of hydrazine groups is 1. The third kappa shape index (κ3) is 6.12. The predicted octanol–water partition coefficient (Wildman–Crippen LogP) is 3.65. The zero-order valence-electron chi connectivity index (χ0n) is 16.2. The van der Waals surface area contributed by atoms with Gasteiger partial charge in [-0.05, 0) is 43.6 Å². The maximum atomic E-state index is 10.6. The van der Waals surface area contributed by atoms with Crippen LogP contribution in [-0.2, 0) is 16.0 Å². The van der Waals surface area contributed by atoms with Gasteiger partial charge in [0.05, 0.1) is 17.2 Å². The van der Waals surface area contributed by atoms with E-state index in [0.717, 1.165) is 43.6 Å². The second kappa shape index (κ2) is 10.7. The number of ether oxygens (including phenoxy) is 1. The SMILES string of the molecule is O=C(O)CCC/C=C\C[C@@H]1[C@@H](CNNC(=S)Cc2ccccc2)[C@@H]2CC[C@H]1O2. The molecule has 2 aliphatic heterocycles. The molecule has 0 amide bonds. The lowest BCUT2D eigenvalue weighted by molar-refractivity contribution is -0.137. The van der Waals surface area contributed by atoms with Gasteiger partial charge in [-0.15, -0.1) is 0 Å². The van der Waals surface area contributed by atoms with Gasteiger partial charge in [-0.1, -0.05) is 54.7 Å². The molecule has 2 heterocycles. The van der Waals surface area contributed by atoms with E-state index in [1.54, 1.807) is 0 Å². The fourth-order valence-corrected chi connectivity index (χ4v) is 4.55. The Morgan fingerprint density at radius 2 is 1.93 bits per heavy atom. The molecular formula is C22H30N2O3S. The number of thiocarbonyl (C=S) groups is 1. The monoisotopic (exact) mass is 402 g/mol. The highest BCUT2D eigenvalue weighted by atomic mass is 32.1. The van der Waals surface area contributed by atoms with Crippen molar-refractivity contribution in [1.82, 2.24) is 10.9 Å². The van der Waals surface area contributed by atoms with Gasteiger partial charge < -0.3 is 15.3 Å². The Labute approximate surface area is 172 Å². The van der Waals surface area contributed by atoms with Crippen molar-refractivity contribution in [2.24, 2.45) is 11.8 Å². The van der Waals surface area contributed by atoms with Crippen LogP contribution < -0.4 is 10.9 Å². The minimum absolute atomic E-state index is 0.239. The van der Waals surface area contributed by atoms with Crippen molar-refractivity contribution in [3.05, 3.63) is 48.0 Å². The lowest BCUT2D eigenvalue weighted by Gasteiger charge is -2.27. The van der Waals surface area contributed by atoms with Crippen LogP contribution in [0.4, 0.5) is 0 Å². The third-order valence-corrected chi connectivity index (χ3v) is 5.95. The number of fused-ring (bicyclic) bond motifs is 2. The molecule has 2 fully saturated rings. The van der Waals surface area contributed by atoms with Gasteiger partial charge in [-0.3, -0.25) is 4.79 Å². The molecule has 0 aromatic heterocycles. The Kier molecular flexibility index (Phi) is 8.01. The molecule has 152 valence electrons. The van der Waals surface area contributed by atoms with Crippen LogP contribution in [0.1, 0.15) is 44.1 Å². The van der Waals surface area contributed by atoms with Crippen molar-refractivity contribution in [2.45, 2.75) is 57.2 Å². The number of aliphatic carboxylic acids is 1. The lowest BCUT2D eigenvalue weighted by Crippen LogP contribution is -2.44. The third-order valence-electron chi connectivity index (χ3n) is 5.70. The summed E-state index contributed by atoms with van der Waals surface area (Å²) in [7, 11) is 0. The molecule has 3 rings (SSSR count). The van der Waals surface area contributed by atoms with Crippen LogP contribution >= 0.6 is 12.2 Å². The molecule has 5 nitrogen and oxygen atoms in total. The van der Waals surface area contributed by atoms with Crippen molar-refractivity contribution >= 4 is 23.2 Å².